The number of allylic oxidation sites excluding steroid dienone is 1. The van der Waals surface area contributed by atoms with E-state index in [1.165, 1.54) is 12.1 Å². The van der Waals surface area contributed by atoms with Gasteiger partial charge in [-0.05, 0) is 62.7 Å². The third kappa shape index (κ3) is 3.22. The van der Waals surface area contributed by atoms with Gasteiger partial charge < -0.3 is 9.55 Å². The molecule has 0 unspecified atom stereocenters. The third-order valence-electron chi connectivity index (χ3n) is 4.75. The number of H-pyrrole nitrogens is 1. The minimum Gasteiger partial charge on any atom is -0.337 e. The fourth-order valence-electron chi connectivity index (χ4n) is 3.41. The lowest BCUT2D eigenvalue weighted by Gasteiger charge is -2.07. The molecule has 4 aromatic rings. The van der Waals surface area contributed by atoms with Crippen molar-refractivity contribution in [1.82, 2.24) is 14.5 Å². The van der Waals surface area contributed by atoms with E-state index in [0.717, 1.165) is 26.8 Å². The molecule has 7 heteroatoms. The van der Waals surface area contributed by atoms with E-state index in [1.807, 2.05) is 37.5 Å². The summed E-state index contributed by atoms with van der Waals surface area (Å²) in [6.07, 6.45) is 1.76. The summed E-state index contributed by atoms with van der Waals surface area (Å²) in [6, 6.07) is 12.6. The van der Waals surface area contributed by atoms with Crippen molar-refractivity contribution < 1.29 is 4.39 Å². The van der Waals surface area contributed by atoms with Gasteiger partial charge in [0.25, 0.3) is 0 Å². The maximum Gasteiger partial charge on any atom is 0.149 e. The van der Waals surface area contributed by atoms with Crippen LogP contribution in [-0.4, -0.2) is 14.5 Å². The monoisotopic (exact) mass is 401 g/mol. The minimum atomic E-state index is -0.363. The number of nitrogens with zero attached hydrogens (tertiary/aromatic N) is 4. The number of aryl methyl sites for hydroxylation is 2. The minimum absolute atomic E-state index is 0.352. The predicted molar refractivity (Wildman–Crippen MR) is 112 cm³/mol. The first kappa shape index (κ1) is 18.7. The second-order valence-corrected chi connectivity index (χ2v) is 8.00. The van der Waals surface area contributed by atoms with Gasteiger partial charge in [0.15, 0.2) is 0 Å². The van der Waals surface area contributed by atoms with Crippen molar-refractivity contribution in [3.8, 4) is 17.1 Å². The number of imidazole rings is 1. The van der Waals surface area contributed by atoms with Crippen LogP contribution in [0.25, 0.3) is 27.7 Å². The fraction of sp³-hybridized carbons (Fsp3) is 0.136. The number of nitriles is 2. The molecule has 3 heterocycles. The summed E-state index contributed by atoms with van der Waals surface area (Å²) in [5.41, 5.74) is 4.88. The second-order valence-electron chi connectivity index (χ2n) is 6.77. The maximum absolute atomic E-state index is 13.4. The zero-order valence-corrected chi connectivity index (χ0v) is 16.9. The Kier molecular flexibility index (Phi) is 4.54. The van der Waals surface area contributed by atoms with E-state index in [0.29, 0.717) is 28.0 Å². The van der Waals surface area contributed by atoms with Crippen LogP contribution >= 0.6 is 11.3 Å². The Labute approximate surface area is 171 Å². The molecule has 0 aliphatic carbocycles. The molecule has 0 saturated carbocycles. The highest BCUT2D eigenvalue weighted by Crippen LogP contribution is 2.31. The van der Waals surface area contributed by atoms with E-state index < -0.39 is 0 Å². The number of rotatable bonds is 3. The van der Waals surface area contributed by atoms with Gasteiger partial charge in [-0.3, -0.25) is 0 Å². The van der Waals surface area contributed by atoms with Crippen LogP contribution in [0.15, 0.2) is 30.3 Å². The Balaban J connectivity index is 1.83. The number of aromatic nitrogens is 3. The molecule has 0 spiro atoms. The van der Waals surface area contributed by atoms with Gasteiger partial charge in [0, 0.05) is 16.3 Å². The van der Waals surface area contributed by atoms with Gasteiger partial charge in [-0.15, -0.1) is 11.3 Å². The van der Waals surface area contributed by atoms with E-state index >= 15 is 0 Å². The van der Waals surface area contributed by atoms with Crippen molar-refractivity contribution in [3.63, 3.8) is 0 Å². The molecule has 1 aromatic carbocycles. The number of benzene rings is 1. The Morgan fingerprint density at radius 3 is 2.72 bits per heavy atom. The number of hydrogen-bond acceptors (Lipinski definition) is 4. The average molecular weight is 401 g/mol. The van der Waals surface area contributed by atoms with Gasteiger partial charge in [0.05, 0.1) is 22.2 Å². The number of thiophene rings is 1. The van der Waals surface area contributed by atoms with Crippen LogP contribution in [0.4, 0.5) is 4.39 Å². The molecule has 29 heavy (non-hydrogen) atoms. The number of hydrogen-bond donors (Lipinski definition) is 1. The molecule has 5 nitrogen and oxygen atoms in total. The van der Waals surface area contributed by atoms with Crippen LogP contribution in [0.3, 0.4) is 0 Å². The molecule has 0 saturated heterocycles. The molecule has 0 aliphatic heterocycles. The van der Waals surface area contributed by atoms with Crippen LogP contribution in [0.2, 0.25) is 0 Å². The Morgan fingerprint density at radius 1 is 1.21 bits per heavy atom. The van der Waals surface area contributed by atoms with E-state index in [-0.39, 0.29) is 5.82 Å². The SMILES string of the molecule is Cc1cc(C#N)c(-n2c(C)cc(/C=C(\C#N)c3nc4ccc(F)cc4[nH]3)c2C)s1. The van der Waals surface area contributed by atoms with Crippen LogP contribution in [0.1, 0.15) is 33.2 Å². The topological polar surface area (TPSA) is 81.2 Å². The summed E-state index contributed by atoms with van der Waals surface area (Å²) in [7, 11) is 0. The van der Waals surface area contributed by atoms with E-state index in [1.54, 1.807) is 23.5 Å². The molecule has 0 fully saturated rings. The van der Waals surface area contributed by atoms with Crippen molar-refractivity contribution in [2.24, 2.45) is 0 Å². The van der Waals surface area contributed by atoms with E-state index in [2.05, 4.69) is 22.1 Å². The fourth-order valence-corrected chi connectivity index (χ4v) is 4.48. The van der Waals surface area contributed by atoms with Gasteiger partial charge in [-0.2, -0.15) is 10.5 Å². The predicted octanol–water partition coefficient (Wildman–Crippen LogP) is 5.42. The highest BCUT2D eigenvalue weighted by molar-refractivity contribution is 7.14. The Hall–Kier alpha value is -3.68. The lowest BCUT2D eigenvalue weighted by atomic mass is 10.1. The summed E-state index contributed by atoms with van der Waals surface area (Å²) >= 11 is 1.56. The van der Waals surface area contributed by atoms with Gasteiger partial charge in [0.2, 0.25) is 0 Å². The molecule has 0 amide bonds. The van der Waals surface area contributed by atoms with Gasteiger partial charge >= 0.3 is 0 Å². The van der Waals surface area contributed by atoms with Crippen LogP contribution in [0.5, 0.6) is 0 Å². The first-order valence-corrected chi connectivity index (χ1v) is 9.70. The normalized spacial score (nSPS) is 11.6. The molecular weight excluding hydrogens is 385 g/mol. The molecule has 3 aromatic heterocycles. The van der Waals surface area contributed by atoms with Crippen molar-refractivity contribution in [2.45, 2.75) is 20.8 Å². The van der Waals surface area contributed by atoms with Crippen molar-refractivity contribution in [3.05, 3.63) is 69.4 Å². The lowest BCUT2D eigenvalue weighted by molar-refractivity contribution is 0.629. The molecule has 1 N–H and O–H groups in total. The van der Waals surface area contributed by atoms with Gasteiger partial charge in [-0.25, -0.2) is 9.37 Å². The summed E-state index contributed by atoms with van der Waals surface area (Å²) < 4.78 is 15.5. The molecule has 0 aliphatic rings. The largest absolute Gasteiger partial charge is 0.337 e. The Morgan fingerprint density at radius 2 is 2.00 bits per heavy atom. The van der Waals surface area contributed by atoms with E-state index in [4.69, 9.17) is 0 Å². The van der Waals surface area contributed by atoms with Crippen LogP contribution in [0, 0.1) is 49.3 Å². The van der Waals surface area contributed by atoms with Gasteiger partial charge in [-0.1, -0.05) is 0 Å². The number of aromatic amines is 1. The molecular formula is C22H16FN5S. The lowest BCUT2D eigenvalue weighted by Crippen LogP contribution is -1.98. The summed E-state index contributed by atoms with van der Waals surface area (Å²) in [4.78, 5) is 8.48. The summed E-state index contributed by atoms with van der Waals surface area (Å²) in [5, 5.41) is 20.0. The summed E-state index contributed by atoms with van der Waals surface area (Å²) in [6.45, 7) is 5.90. The molecule has 0 atom stereocenters. The first-order chi connectivity index (χ1) is 13.9. The van der Waals surface area contributed by atoms with Crippen molar-refractivity contribution >= 4 is 34.0 Å². The average Bonchev–Trinajstić information content (AvgIpc) is 3.34. The van der Waals surface area contributed by atoms with Gasteiger partial charge in [0.1, 0.15) is 28.8 Å². The zero-order chi connectivity index (χ0) is 20.7. The number of nitrogens with one attached hydrogen (secondary N) is 1. The maximum atomic E-state index is 13.4. The first-order valence-electron chi connectivity index (χ1n) is 8.88. The van der Waals surface area contributed by atoms with E-state index in [9.17, 15) is 14.9 Å². The second kappa shape index (κ2) is 7.05. The summed E-state index contributed by atoms with van der Waals surface area (Å²) in [5.74, 6) is 0.0286. The zero-order valence-electron chi connectivity index (χ0n) is 16.0. The molecule has 0 radical (unpaired) electrons. The molecule has 142 valence electrons. The highest BCUT2D eigenvalue weighted by atomic mass is 32.1. The Bertz CT molecular complexity index is 1370. The quantitative estimate of drug-likeness (QED) is 0.466. The highest BCUT2D eigenvalue weighted by Gasteiger charge is 2.17. The molecule has 4 rings (SSSR count). The van der Waals surface area contributed by atoms with Crippen molar-refractivity contribution in [1.29, 1.82) is 10.5 Å². The number of halogens is 1. The van der Waals surface area contributed by atoms with Crippen molar-refractivity contribution in [2.75, 3.05) is 0 Å². The standard InChI is InChI=1S/C22H16FN5S/c1-12-6-15(14(3)28(12)22-17(11-25)7-13(2)29-22)8-16(10-24)21-26-19-5-4-18(23)9-20(19)27-21/h4-9H,1-3H3,(H,26,27)/b16-8+. The number of fused-ring (bicyclic) bond motifs is 1. The molecule has 0 bridgehead atoms. The smallest absolute Gasteiger partial charge is 0.149 e. The third-order valence-corrected chi connectivity index (χ3v) is 5.78. The van der Waals surface area contributed by atoms with Crippen LogP contribution in [-0.2, 0) is 0 Å². The van der Waals surface area contributed by atoms with Crippen LogP contribution < -0.4 is 0 Å².